The van der Waals surface area contributed by atoms with Gasteiger partial charge in [-0.3, -0.25) is 9.78 Å². The first-order chi connectivity index (χ1) is 10.8. The van der Waals surface area contributed by atoms with Gasteiger partial charge in [-0.25, -0.2) is 0 Å². The third-order valence-electron chi connectivity index (χ3n) is 3.80. The number of carbonyl (C=O) groups is 1. The molecule has 1 aliphatic rings. The lowest BCUT2D eigenvalue weighted by Crippen LogP contribution is -2.36. The summed E-state index contributed by atoms with van der Waals surface area (Å²) in [6.07, 6.45) is 3.41. The van der Waals surface area contributed by atoms with E-state index in [1.54, 1.807) is 24.3 Å². The Morgan fingerprint density at radius 2 is 1.91 bits per heavy atom. The Morgan fingerprint density at radius 1 is 1.18 bits per heavy atom. The molecule has 2 heterocycles. The predicted octanol–water partition coefficient (Wildman–Crippen LogP) is 2.19. The predicted molar refractivity (Wildman–Crippen MR) is 86.4 cm³/mol. The fraction of sp³-hybridized carbons (Fsp3) is 0.294. The summed E-state index contributed by atoms with van der Waals surface area (Å²) in [7, 11) is 1.78. The second-order valence-electron chi connectivity index (χ2n) is 5.23. The lowest BCUT2D eigenvalue weighted by atomic mass is 10.2. The minimum Gasteiger partial charge on any atom is -0.378 e. The number of rotatable bonds is 3. The standard InChI is InChI=1S/C17H19N3O2/c1-19(15-5-3-2-4-6-15)17(21)14-11-16(13-18-12-14)20-7-9-22-10-8-20/h2-6,11-13H,7-10H2,1H3. The van der Waals surface area contributed by atoms with E-state index < -0.39 is 0 Å². The van der Waals surface area contributed by atoms with Gasteiger partial charge in [-0.15, -0.1) is 0 Å². The van der Waals surface area contributed by atoms with Gasteiger partial charge in [0, 0.05) is 32.0 Å². The lowest BCUT2D eigenvalue weighted by molar-refractivity contribution is 0.0992. The van der Waals surface area contributed by atoms with Crippen LogP contribution in [0.4, 0.5) is 11.4 Å². The van der Waals surface area contributed by atoms with Crippen LogP contribution in [-0.4, -0.2) is 44.2 Å². The van der Waals surface area contributed by atoms with Crippen LogP contribution in [0.1, 0.15) is 10.4 Å². The van der Waals surface area contributed by atoms with E-state index in [0.717, 1.165) is 24.5 Å². The molecule has 0 spiro atoms. The lowest BCUT2D eigenvalue weighted by Gasteiger charge is -2.28. The highest BCUT2D eigenvalue weighted by Crippen LogP contribution is 2.19. The summed E-state index contributed by atoms with van der Waals surface area (Å²) in [6, 6.07) is 11.5. The summed E-state index contributed by atoms with van der Waals surface area (Å²) in [5, 5.41) is 0. The number of benzene rings is 1. The number of pyridine rings is 1. The van der Waals surface area contributed by atoms with Gasteiger partial charge < -0.3 is 14.5 Å². The molecule has 0 unspecified atom stereocenters. The summed E-state index contributed by atoms with van der Waals surface area (Å²) in [6.45, 7) is 3.08. The third kappa shape index (κ3) is 3.09. The molecule has 22 heavy (non-hydrogen) atoms. The van der Waals surface area contributed by atoms with E-state index in [2.05, 4.69) is 9.88 Å². The van der Waals surface area contributed by atoms with Gasteiger partial charge in [0.2, 0.25) is 0 Å². The van der Waals surface area contributed by atoms with Crippen molar-refractivity contribution in [3.8, 4) is 0 Å². The number of anilines is 2. The van der Waals surface area contributed by atoms with Gasteiger partial charge in [-0.1, -0.05) is 18.2 Å². The van der Waals surface area contributed by atoms with Gasteiger partial charge in [-0.05, 0) is 18.2 Å². The second-order valence-corrected chi connectivity index (χ2v) is 5.23. The van der Waals surface area contributed by atoms with Crippen LogP contribution in [-0.2, 0) is 4.74 Å². The number of ether oxygens (including phenoxy) is 1. The van der Waals surface area contributed by atoms with Gasteiger partial charge in [0.1, 0.15) is 0 Å². The van der Waals surface area contributed by atoms with Crippen molar-refractivity contribution in [1.29, 1.82) is 0 Å². The molecular formula is C17H19N3O2. The zero-order valence-corrected chi connectivity index (χ0v) is 12.6. The van der Waals surface area contributed by atoms with Crippen LogP contribution in [0.15, 0.2) is 48.8 Å². The molecule has 5 nitrogen and oxygen atoms in total. The van der Waals surface area contributed by atoms with Crippen molar-refractivity contribution in [2.24, 2.45) is 0 Å². The zero-order valence-electron chi connectivity index (χ0n) is 12.6. The first-order valence-electron chi connectivity index (χ1n) is 7.36. The Kier molecular flexibility index (Phi) is 4.34. The van der Waals surface area contributed by atoms with Crippen molar-refractivity contribution >= 4 is 17.3 Å². The molecule has 0 atom stereocenters. The number of amides is 1. The maximum Gasteiger partial charge on any atom is 0.259 e. The molecule has 0 N–H and O–H groups in total. The average Bonchev–Trinajstić information content (AvgIpc) is 2.62. The zero-order chi connectivity index (χ0) is 15.4. The third-order valence-corrected chi connectivity index (χ3v) is 3.80. The molecule has 0 bridgehead atoms. The normalized spacial score (nSPS) is 14.7. The molecule has 114 valence electrons. The summed E-state index contributed by atoms with van der Waals surface area (Å²) < 4.78 is 5.36. The SMILES string of the molecule is CN(C(=O)c1cncc(N2CCOCC2)c1)c1ccccc1. The number of aromatic nitrogens is 1. The molecule has 2 aromatic rings. The fourth-order valence-electron chi connectivity index (χ4n) is 2.50. The highest BCUT2D eigenvalue weighted by molar-refractivity contribution is 6.06. The van der Waals surface area contributed by atoms with Gasteiger partial charge in [0.25, 0.3) is 5.91 Å². The molecule has 1 fully saturated rings. The number of carbonyl (C=O) groups excluding carboxylic acids is 1. The van der Waals surface area contributed by atoms with Gasteiger partial charge in [0.15, 0.2) is 0 Å². The number of hydrogen-bond donors (Lipinski definition) is 0. The topological polar surface area (TPSA) is 45.7 Å². The first kappa shape index (κ1) is 14.5. The molecule has 1 aromatic carbocycles. The Labute approximate surface area is 130 Å². The maximum atomic E-state index is 12.6. The highest BCUT2D eigenvalue weighted by Gasteiger charge is 2.17. The van der Waals surface area contributed by atoms with E-state index >= 15 is 0 Å². The minimum atomic E-state index is -0.0613. The van der Waals surface area contributed by atoms with Crippen molar-refractivity contribution in [2.45, 2.75) is 0 Å². The number of nitrogens with zero attached hydrogens (tertiary/aromatic N) is 3. The molecule has 3 rings (SSSR count). The largest absolute Gasteiger partial charge is 0.378 e. The van der Waals surface area contributed by atoms with E-state index in [4.69, 9.17) is 4.74 Å². The molecule has 0 radical (unpaired) electrons. The van der Waals surface area contributed by atoms with Crippen molar-refractivity contribution in [1.82, 2.24) is 4.98 Å². The molecule has 1 aromatic heterocycles. The first-order valence-corrected chi connectivity index (χ1v) is 7.36. The smallest absolute Gasteiger partial charge is 0.259 e. The molecule has 5 heteroatoms. The molecular weight excluding hydrogens is 278 g/mol. The molecule has 0 saturated carbocycles. The summed E-state index contributed by atoms with van der Waals surface area (Å²) in [5.74, 6) is -0.0613. The summed E-state index contributed by atoms with van der Waals surface area (Å²) in [4.78, 5) is 20.7. The monoisotopic (exact) mass is 297 g/mol. The average molecular weight is 297 g/mol. The van der Waals surface area contributed by atoms with E-state index in [-0.39, 0.29) is 5.91 Å². The van der Waals surface area contributed by atoms with Crippen LogP contribution in [0.3, 0.4) is 0 Å². The number of morpholine rings is 1. The molecule has 1 saturated heterocycles. The van der Waals surface area contributed by atoms with Crippen molar-refractivity contribution in [3.05, 3.63) is 54.4 Å². The van der Waals surface area contributed by atoms with Crippen molar-refractivity contribution in [2.75, 3.05) is 43.2 Å². The van der Waals surface area contributed by atoms with Crippen LogP contribution in [0.2, 0.25) is 0 Å². The number of para-hydroxylation sites is 1. The Morgan fingerprint density at radius 3 is 2.64 bits per heavy atom. The molecule has 1 amide bonds. The molecule has 0 aliphatic carbocycles. The quantitative estimate of drug-likeness (QED) is 0.871. The highest BCUT2D eigenvalue weighted by atomic mass is 16.5. The summed E-state index contributed by atoms with van der Waals surface area (Å²) in [5.41, 5.74) is 2.43. The van der Waals surface area contributed by atoms with Gasteiger partial charge in [-0.2, -0.15) is 0 Å². The van der Waals surface area contributed by atoms with E-state index in [0.29, 0.717) is 18.8 Å². The van der Waals surface area contributed by atoms with Crippen LogP contribution in [0.25, 0.3) is 0 Å². The Hall–Kier alpha value is -2.40. The fourth-order valence-corrected chi connectivity index (χ4v) is 2.50. The summed E-state index contributed by atoms with van der Waals surface area (Å²) >= 11 is 0. The molecule has 1 aliphatic heterocycles. The second kappa shape index (κ2) is 6.58. The van der Waals surface area contributed by atoms with Crippen molar-refractivity contribution in [3.63, 3.8) is 0 Å². The van der Waals surface area contributed by atoms with E-state index in [9.17, 15) is 4.79 Å². The van der Waals surface area contributed by atoms with Gasteiger partial charge >= 0.3 is 0 Å². The Bertz CT molecular complexity index is 639. The van der Waals surface area contributed by atoms with Crippen LogP contribution >= 0.6 is 0 Å². The maximum absolute atomic E-state index is 12.6. The minimum absolute atomic E-state index is 0.0613. The Balaban J connectivity index is 1.80. The van der Waals surface area contributed by atoms with Crippen molar-refractivity contribution < 1.29 is 9.53 Å². The van der Waals surface area contributed by atoms with E-state index in [1.807, 2.05) is 36.4 Å². The van der Waals surface area contributed by atoms with Crippen LogP contribution in [0, 0.1) is 0 Å². The van der Waals surface area contributed by atoms with Gasteiger partial charge in [0.05, 0.1) is 30.7 Å². The van der Waals surface area contributed by atoms with Crippen LogP contribution < -0.4 is 9.80 Å². The van der Waals surface area contributed by atoms with Crippen LogP contribution in [0.5, 0.6) is 0 Å². The number of hydrogen-bond acceptors (Lipinski definition) is 4. The van der Waals surface area contributed by atoms with E-state index in [1.165, 1.54) is 0 Å².